The normalized spacial score (nSPS) is 23.4. The first-order chi connectivity index (χ1) is 9.38. The van der Waals surface area contributed by atoms with Crippen LogP contribution in [0.15, 0.2) is 29.2 Å². The van der Waals surface area contributed by atoms with Gasteiger partial charge in [-0.15, -0.1) is 0 Å². The van der Waals surface area contributed by atoms with Crippen LogP contribution in [0.25, 0.3) is 0 Å². The van der Waals surface area contributed by atoms with Crippen molar-refractivity contribution >= 4 is 15.7 Å². The molecule has 2 atom stereocenters. The first-order valence-electron chi connectivity index (χ1n) is 6.38. The Balaban J connectivity index is 2.17. The van der Waals surface area contributed by atoms with Crippen LogP contribution in [0, 0.1) is 10.1 Å². The fourth-order valence-corrected chi connectivity index (χ4v) is 3.61. The Hall–Kier alpha value is -1.51. The largest absolute Gasteiger partial charge is 0.314 e. The molecule has 0 saturated carbocycles. The molecule has 1 saturated heterocycles. The molecule has 20 heavy (non-hydrogen) atoms. The topological polar surface area (TPSA) is 101 Å². The van der Waals surface area contributed by atoms with Gasteiger partial charge in [-0.25, -0.2) is 13.1 Å². The van der Waals surface area contributed by atoms with Gasteiger partial charge in [0.25, 0.3) is 5.69 Å². The summed E-state index contributed by atoms with van der Waals surface area (Å²) in [5, 5.41) is 13.9. The zero-order chi connectivity index (χ0) is 14.8. The monoisotopic (exact) mass is 299 g/mol. The molecule has 0 radical (unpaired) electrons. The lowest BCUT2D eigenvalue weighted by Gasteiger charge is -2.28. The minimum Gasteiger partial charge on any atom is -0.314 e. The summed E-state index contributed by atoms with van der Waals surface area (Å²) >= 11 is 0. The van der Waals surface area contributed by atoms with E-state index in [1.165, 1.54) is 18.2 Å². The lowest BCUT2D eigenvalue weighted by molar-refractivity contribution is -0.385. The van der Waals surface area contributed by atoms with E-state index in [0.717, 1.165) is 12.6 Å². The zero-order valence-electron chi connectivity index (χ0n) is 11.1. The number of nitrogens with zero attached hydrogens (tertiary/aromatic N) is 1. The summed E-state index contributed by atoms with van der Waals surface area (Å²) < 4.78 is 27.1. The van der Waals surface area contributed by atoms with E-state index >= 15 is 0 Å². The summed E-state index contributed by atoms with van der Waals surface area (Å²) in [6, 6.07) is 5.19. The van der Waals surface area contributed by atoms with E-state index in [1.807, 2.05) is 6.92 Å². The Morgan fingerprint density at radius 2 is 2.20 bits per heavy atom. The number of hydrogen-bond donors (Lipinski definition) is 2. The first kappa shape index (κ1) is 14.9. The molecule has 2 N–H and O–H groups in total. The molecule has 0 amide bonds. The number of non-ortho nitro benzene ring substituents is 1. The van der Waals surface area contributed by atoms with Crippen LogP contribution < -0.4 is 10.0 Å². The summed E-state index contributed by atoms with van der Waals surface area (Å²) in [5.41, 5.74) is -0.230. The fraction of sp³-hybridized carbons (Fsp3) is 0.500. The second-order valence-electron chi connectivity index (χ2n) is 4.95. The Morgan fingerprint density at radius 3 is 2.85 bits per heavy atom. The number of nitro groups is 1. The van der Waals surface area contributed by atoms with Crippen molar-refractivity contribution < 1.29 is 13.3 Å². The predicted octanol–water partition coefficient (Wildman–Crippen LogP) is 1.01. The molecule has 2 unspecified atom stereocenters. The number of benzene rings is 1. The van der Waals surface area contributed by atoms with Crippen LogP contribution in [0.3, 0.4) is 0 Å². The molecule has 110 valence electrons. The van der Waals surface area contributed by atoms with Crippen LogP contribution in [-0.4, -0.2) is 32.0 Å². The SMILES string of the molecule is CC1CC(NS(=O)(=O)c2cccc([N+](=O)[O-])c2)CCN1. The number of nitro benzene ring substituents is 1. The van der Waals surface area contributed by atoms with Gasteiger partial charge in [0.15, 0.2) is 0 Å². The summed E-state index contributed by atoms with van der Waals surface area (Å²) in [6.45, 7) is 2.75. The number of rotatable bonds is 4. The molecule has 0 aromatic heterocycles. The maximum atomic E-state index is 12.2. The van der Waals surface area contributed by atoms with Gasteiger partial charge in [-0.2, -0.15) is 0 Å². The van der Waals surface area contributed by atoms with Gasteiger partial charge in [-0.05, 0) is 32.4 Å². The fourth-order valence-electron chi connectivity index (χ4n) is 2.29. The molecule has 2 rings (SSSR count). The van der Waals surface area contributed by atoms with Gasteiger partial charge in [0.2, 0.25) is 10.0 Å². The van der Waals surface area contributed by atoms with Crippen molar-refractivity contribution in [2.45, 2.75) is 36.7 Å². The smallest absolute Gasteiger partial charge is 0.270 e. The molecule has 1 aromatic carbocycles. The van der Waals surface area contributed by atoms with Gasteiger partial charge >= 0.3 is 0 Å². The van der Waals surface area contributed by atoms with Crippen LogP contribution in [0.5, 0.6) is 0 Å². The van der Waals surface area contributed by atoms with Gasteiger partial charge in [-0.1, -0.05) is 6.07 Å². The second-order valence-corrected chi connectivity index (χ2v) is 6.67. The molecule has 0 spiro atoms. The molecule has 1 heterocycles. The van der Waals surface area contributed by atoms with Crippen LogP contribution >= 0.6 is 0 Å². The van der Waals surface area contributed by atoms with E-state index in [9.17, 15) is 18.5 Å². The molecular weight excluding hydrogens is 282 g/mol. The molecule has 1 fully saturated rings. The van der Waals surface area contributed by atoms with Crippen molar-refractivity contribution in [3.63, 3.8) is 0 Å². The number of nitrogens with one attached hydrogen (secondary N) is 2. The second kappa shape index (κ2) is 5.86. The number of hydrogen-bond acceptors (Lipinski definition) is 5. The van der Waals surface area contributed by atoms with Gasteiger partial charge in [0.1, 0.15) is 0 Å². The van der Waals surface area contributed by atoms with Crippen LogP contribution in [0.1, 0.15) is 19.8 Å². The average molecular weight is 299 g/mol. The summed E-state index contributed by atoms with van der Waals surface area (Å²) in [7, 11) is -3.72. The van der Waals surface area contributed by atoms with Crippen LogP contribution in [0.4, 0.5) is 5.69 Å². The molecule has 1 aliphatic rings. The van der Waals surface area contributed by atoms with E-state index in [1.54, 1.807) is 0 Å². The van der Waals surface area contributed by atoms with Gasteiger partial charge in [0, 0.05) is 24.2 Å². The Morgan fingerprint density at radius 1 is 1.45 bits per heavy atom. The highest BCUT2D eigenvalue weighted by Gasteiger charge is 2.25. The summed E-state index contributed by atoms with van der Waals surface area (Å²) in [5.74, 6) is 0. The third-order valence-corrected chi connectivity index (χ3v) is 4.80. The zero-order valence-corrected chi connectivity index (χ0v) is 11.9. The molecule has 1 aliphatic heterocycles. The highest BCUT2D eigenvalue weighted by Crippen LogP contribution is 2.19. The highest BCUT2D eigenvalue weighted by atomic mass is 32.2. The standard InChI is InChI=1S/C12H17N3O4S/c1-9-7-10(5-6-13-9)14-20(18,19)12-4-2-3-11(8-12)15(16)17/h2-4,8-10,13-14H,5-7H2,1H3. The summed E-state index contributed by atoms with van der Waals surface area (Å²) in [4.78, 5) is 10.0. The quantitative estimate of drug-likeness (QED) is 0.638. The maximum absolute atomic E-state index is 12.2. The average Bonchev–Trinajstić information content (AvgIpc) is 2.38. The highest BCUT2D eigenvalue weighted by molar-refractivity contribution is 7.89. The maximum Gasteiger partial charge on any atom is 0.270 e. The van der Waals surface area contributed by atoms with Crippen LogP contribution in [-0.2, 0) is 10.0 Å². The van der Waals surface area contributed by atoms with E-state index in [-0.39, 0.29) is 22.7 Å². The van der Waals surface area contributed by atoms with Crippen molar-refractivity contribution in [1.29, 1.82) is 0 Å². The third kappa shape index (κ3) is 3.53. The molecule has 7 nitrogen and oxygen atoms in total. The van der Waals surface area contributed by atoms with E-state index in [2.05, 4.69) is 10.0 Å². The molecule has 8 heteroatoms. The van der Waals surface area contributed by atoms with Crippen molar-refractivity contribution in [3.05, 3.63) is 34.4 Å². The number of sulfonamides is 1. The first-order valence-corrected chi connectivity index (χ1v) is 7.87. The molecule has 1 aromatic rings. The van der Waals surface area contributed by atoms with Gasteiger partial charge in [-0.3, -0.25) is 10.1 Å². The van der Waals surface area contributed by atoms with Gasteiger partial charge < -0.3 is 5.32 Å². The molecule has 0 aliphatic carbocycles. The Kier molecular flexibility index (Phi) is 4.36. The third-order valence-electron chi connectivity index (χ3n) is 3.28. The molecular formula is C12H17N3O4S. The minimum absolute atomic E-state index is 0.0714. The van der Waals surface area contributed by atoms with Gasteiger partial charge in [0.05, 0.1) is 9.82 Å². The van der Waals surface area contributed by atoms with Crippen LogP contribution in [0.2, 0.25) is 0 Å². The van der Waals surface area contributed by atoms with Crippen molar-refractivity contribution in [2.75, 3.05) is 6.54 Å². The summed E-state index contributed by atoms with van der Waals surface area (Å²) in [6.07, 6.45) is 1.41. The Bertz CT molecular complexity index is 602. The van der Waals surface area contributed by atoms with Crippen molar-refractivity contribution in [3.8, 4) is 0 Å². The minimum atomic E-state index is -3.72. The number of piperidine rings is 1. The van der Waals surface area contributed by atoms with E-state index in [4.69, 9.17) is 0 Å². The lowest BCUT2D eigenvalue weighted by atomic mass is 10.0. The molecule has 0 bridgehead atoms. The Labute approximate surface area is 117 Å². The lowest BCUT2D eigenvalue weighted by Crippen LogP contribution is -2.46. The van der Waals surface area contributed by atoms with Crippen molar-refractivity contribution in [2.24, 2.45) is 0 Å². The van der Waals surface area contributed by atoms with E-state index in [0.29, 0.717) is 12.8 Å². The van der Waals surface area contributed by atoms with E-state index < -0.39 is 14.9 Å². The van der Waals surface area contributed by atoms with Crippen molar-refractivity contribution in [1.82, 2.24) is 10.0 Å². The predicted molar refractivity (Wildman–Crippen MR) is 73.9 cm³/mol.